The van der Waals surface area contributed by atoms with Crippen molar-refractivity contribution in [1.82, 2.24) is 19.5 Å². The van der Waals surface area contributed by atoms with Crippen molar-refractivity contribution in [3.05, 3.63) is 72.7 Å². The number of carboxylic acids is 1. The van der Waals surface area contributed by atoms with E-state index in [0.29, 0.717) is 5.71 Å². The standard InChI is InChI=1S/C29H26BrN5O3/c30-23-24(29(25(23)36)12-2-1-3-13-29)33-22(28(37)38)16-18-8-10-20(11-9-18)35-26(19-6-4-14-31-17-19)34-21-7-5-15-32-27(21)35/h4-11,14-15,17,22-23H,1-3,12-13,16H2,(H,37,38)/t22-,23?/m0/s1. The number of rotatable bonds is 6. The Morgan fingerprint density at radius 3 is 2.58 bits per heavy atom. The molecule has 4 aromatic rings. The molecule has 3 aromatic heterocycles. The normalized spacial score (nSPS) is 20.5. The van der Waals surface area contributed by atoms with Gasteiger partial charge in [-0.3, -0.25) is 19.3 Å². The number of carbonyl (C=O) groups is 2. The molecule has 2 aliphatic rings. The summed E-state index contributed by atoms with van der Waals surface area (Å²) in [6.45, 7) is 0. The highest BCUT2D eigenvalue weighted by Gasteiger charge is 2.58. The Morgan fingerprint density at radius 2 is 1.87 bits per heavy atom. The first-order valence-corrected chi connectivity index (χ1v) is 13.7. The fraction of sp³-hybridized carbons (Fsp3) is 0.310. The Morgan fingerprint density at radius 1 is 1.11 bits per heavy atom. The number of halogens is 1. The molecule has 2 atom stereocenters. The van der Waals surface area contributed by atoms with Crippen molar-refractivity contribution in [2.75, 3.05) is 0 Å². The molecule has 0 aliphatic heterocycles. The second-order valence-electron chi connectivity index (χ2n) is 9.97. The second-order valence-corrected chi connectivity index (χ2v) is 10.9. The Labute approximate surface area is 228 Å². The van der Waals surface area contributed by atoms with E-state index in [-0.39, 0.29) is 12.2 Å². The van der Waals surface area contributed by atoms with Gasteiger partial charge in [0.15, 0.2) is 17.5 Å². The molecule has 0 amide bonds. The SMILES string of the molecule is O=C(O)[C@H](Cc1ccc(-n2c(-c3cccnc3)nc3cccnc32)cc1)N=C1C(Br)C(=O)C12CCCCC2. The second kappa shape index (κ2) is 9.87. The first-order valence-electron chi connectivity index (χ1n) is 12.8. The molecule has 8 nitrogen and oxygen atoms in total. The molecule has 38 heavy (non-hydrogen) atoms. The predicted molar refractivity (Wildman–Crippen MR) is 148 cm³/mol. The fourth-order valence-corrected chi connectivity index (χ4v) is 6.71. The van der Waals surface area contributed by atoms with Crippen LogP contribution in [0.15, 0.2) is 72.1 Å². The monoisotopic (exact) mass is 571 g/mol. The summed E-state index contributed by atoms with van der Waals surface area (Å²) in [5, 5.41) is 9.99. The molecule has 0 bridgehead atoms. The number of aromatic nitrogens is 4. The van der Waals surface area contributed by atoms with Crippen molar-refractivity contribution in [2.24, 2.45) is 10.4 Å². The summed E-state index contributed by atoms with van der Waals surface area (Å²) >= 11 is 3.45. The van der Waals surface area contributed by atoms with Gasteiger partial charge in [-0.25, -0.2) is 14.8 Å². The fourth-order valence-electron chi connectivity index (χ4n) is 5.71. The Bertz CT molecular complexity index is 1540. The predicted octanol–water partition coefficient (Wildman–Crippen LogP) is 5.22. The Balaban J connectivity index is 1.31. The van der Waals surface area contributed by atoms with Crippen LogP contribution in [0, 0.1) is 5.41 Å². The van der Waals surface area contributed by atoms with Crippen molar-refractivity contribution in [1.29, 1.82) is 0 Å². The number of nitrogens with zero attached hydrogens (tertiary/aromatic N) is 5. The number of aliphatic imine (C=N–C) groups is 1. The van der Waals surface area contributed by atoms with Gasteiger partial charge in [0.25, 0.3) is 0 Å². The van der Waals surface area contributed by atoms with Crippen LogP contribution in [0.2, 0.25) is 0 Å². The molecule has 6 rings (SSSR count). The van der Waals surface area contributed by atoms with Crippen molar-refractivity contribution >= 4 is 44.6 Å². The molecule has 3 heterocycles. The van der Waals surface area contributed by atoms with E-state index in [4.69, 9.17) is 4.98 Å². The van der Waals surface area contributed by atoms with Crippen LogP contribution >= 0.6 is 15.9 Å². The Kier molecular flexibility index (Phi) is 6.39. The molecule has 1 unspecified atom stereocenters. The zero-order valence-corrected chi connectivity index (χ0v) is 22.2. The third-order valence-electron chi connectivity index (χ3n) is 7.68. The maximum atomic E-state index is 12.7. The van der Waals surface area contributed by atoms with Crippen LogP contribution in [0.1, 0.15) is 37.7 Å². The molecule has 1 aromatic carbocycles. The van der Waals surface area contributed by atoms with E-state index in [2.05, 4.69) is 30.9 Å². The average Bonchev–Trinajstić information content (AvgIpc) is 3.35. The summed E-state index contributed by atoms with van der Waals surface area (Å²) in [6, 6.07) is 14.4. The highest BCUT2D eigenvalue weighted by Crippen LogP contribution is 2.49. The van der Waals surface area contributed by atoms with E-state index < -0.39 is 22.3 Å². The summed E-state index contributed by atoms with van der Waals surface area (Å²) in [5.41, 5.74) is 4.22. The third kappa shape index (κ3) is 4.15. The zero-order chi connectivity index (χ0) is 26.3. The number of pyridine rings is 2. The number of hydrogen-bond acceptors (Lipinski definition) is 6. The van der Waals surface area contributed by atoms with Gasteiger partial charge in [0.05, 0.1) is 5.41 Å². The van der Waals surface area contributed by atoms with Crippen molar-refractivity contribution in [3.8, 4) is 17.1 Å². The van der Waals surface area contributed by atoms with Crippen LogP contribution in [-0.4, -0.2) is 53.0 Å². The molecule has 2 saturated carbocycles. The van der Waals surface area contributed by atoms with Gasteiger partial charge in [-0.1, -0.05) is 47.3 Å². The number of carbonyl (C=O) groups excluding carboxylic acids is 1. The lowest BCUT2D eigenvalue weighted by molar-refractivity contribution is -0.138. The van der Waals surface area contributed by atoms with Gasteiger partial charge in [-0.15, -0.1) is 0 Å². The van der Waals surface area contributed by atoms with E-state index in [9.17, 15) is 14.7 Å². The van der Waals surface area contributed by atoms with Crippen LogP contribution in [-0.2, 0) is 16.0 Å². The molecule has 2 fully saturated rings. The molecule has 2 aliphatic carbocycles. The number of benzene rings is 1. The topological polar surface area (TPSA) is 110 Å². The first kappa shape index (κ1) is 24.6. The molecule has 0 radical (unpaired) electrons. The number of ketones is 1. The van der Waals surface area contributed by atoms with Crippen molar-refractivity contribution < 1.29 is 14.7 Å². The van der Waals surface area contributed by atoms with Gasteiger partial charge in [0.1, 0.15) is 16.2 Å². The molecule has 1 spiro atoms. The first-order chi connectivity index (χ1) is 18.5. The van der Waals surface area contributed by atoms with Gasteiger partial charge in [-0.05, 0) is 54.8 Å². The summed E-state index contributed by atoms with van der Waals surface area (Å²) in [5.74, 6) is -0.115. The smallest absolute Gasteiger partial charge is 0.328 e. The minimum atomic E-state index is -0.991. The minimum absolute atomic E-state index is 0.148. The molecular formula is C29H26BrN5O3. The summed E-state index contributed by atoms with van der Waals surface area (Å²) in [7, 11) is 0. The highest BCUT2D eigenvalue weighted by molar-refractivity contribution is 9.10. The van der Waals surface area contributed by atoms with Crippen LogP contribution in [0.25, 0.3) is 28.2 Å². The van der Waals surface area contributed by atoms with E-state index in [1.807, 2.05) is 53.1 Å². The summed E-state index contributed by atoms with van der Waals surface area (Å²) < 4.78 is 1.98. The van der Waals surface area contributed by atoms with E-state index in [0.717, 1.165) is 65.9 Å². The lowest BCUT2D eigenvalue weighted by atomic mass is 9.58. The van der Waals surface area contributed by atoms with Crippen LogP contribution in [0.3, 0.4) is 0 Å². The van der Waals surface area contributed by atoms with Crippen molar-refractivity contribution in [3.63, 3.8) is 0 Å². The van der Waals surface area contributed by atoms with Gasteiger partial charge >= 0.3 is 5.97 Å². The van der Waals surface area contributed by atoms with Crippen LogP contribution in [0.4, 0.5) is 0 Å². The number of carboxylic acid groups (broad SMARTS) is 1. The maximum absolute atomic E-state index is 12.7. The third-order valence-corrected chi connectivity index (χ3v) is 8.53. The maximum Gasteiger partial charge on any atom is 0.328 e. The van der Waals surface area contributed by atoms with Gasteiger partial charge in [0.2, 0.25) is 0 Å². The largest absolute Gasteiger partial charge is 0.480 e. The number of Topliss-reactive ketones (excluding diaryl/α,β-unsaturated/α-hetero) is 1. The summed E-state index contributed by atoms with van der Waals surface area (Å²) in [4.78, 5) is 42.7. The lowest BCUT2D eigenvalue weighted by Crippen LogP contribution is -2.61. The lowest BCUT2D eigenvalue weighted by Gasteiger charge is -2.47. The van der Waals surface area contributed by atoms with Crippen LogP contribution in [0.5, 0.6) is 0 Å². The minimum Gasteiger partial charge on any atom is -0.480 e. The van der Waals surface area contributed by atoms with E-state index in [1.54, 1.807) is 18.6 Å². The summed E-state index contributed by atoms with van der Waals surface area (Å²) in [6.07, 6.45) is 10.0. The zero-order valence-electron chi connectivity index (χ0n) is 20.6. The van der Waals surface area contributed by atoms with E-state index in [1.165, 1.54) is 0 Å². The van der Waals surface area contributed by atoms with Gasteiger partial charge < -0.3 is 5.11 Å². The quantitative estimate of drug-likeness (QED) is 0.318. The number of hydrogen-bond donors (Lipinski definition) is 1. The van der Waals surface area contributed by atoms with E-state index >= 15 is 0 Å². The average molecular weight is 572 g/mol. The molecule has 9 heteroatoms. The van der Waals surface area contributed by atoms with Crippen LogP contribution < -0.4 is 0 Å². The van der Waals surface area contributed by atoms with Crippen molar-refractivity contribution in [2.45, 2.75) is 49.4 Å². The molecule has 192 valence electrons. The molecular weight excluding hydrogens is 546 g/mol. The number of alkyl halides is 1. The van der Waals surface area contributed by atoms with Gasteiger partial charge in [-0.2, -0.15) is 0 Å². The highest BCUT2D eigenvalue weighted by atomic mass is 79.9. The number of aliphatic carboxylic acids is 1. The van der Waals surface area contributed by atoms with Gasteiger partial charge in [0, 0.05) is 42.0 Å². The number of imidazole rings is 1. The Hall–Kier alpha value is -3.72. The number of fused-ring (bicyclic) bond motifs is 1. The molecule has 0 saturated heterocycles. The molecule has 1 N–H and O–H groups in total.